The highest BCUT2D eigenvalue weighted by molar-refractivity contribution is 7.41. The van der Waals surface area contributed by atoms with E-state index < -0.39 is 8.60 Å². The molecule has 0 rings (SSSR count). The monoisotopic (exact) mass is 126 g/mol. The van der Waals surface area contributed by atoms with Crippen LogP contribution >= 0.6 is 8.60 Å². The maximum absolute atomic E-state index is 7.80. The first-order chi connectivity index (χ1) is 3.35. The van der Waals surface area contributed by atoms with Crippen LogP contribution in [-0.2, 0) is 13.7 Å². The van der Waals surface area contributed by atoms with E-state index in [1.807, 2.05) is 0 Å². The lowest BCUT2D eigenvalue weighted by Gasteiger charge is -2.03. The summed E-state index contributed by atoms with van der Waals surface area (Å²) in [5.74, 6) is 0. The van der Waals surface area contributed by atoms with Crippen LogP contribution in [0.3, 0.4) is 0 Å². The molecular weight excluding hydrogens is 119 g/mol. The van der Waals surface area contributed by atoms with Gasteiger partial charge in [0.25, 0.3) is 0 Å². The zero-order valence-electron chi connectivity index (χ0n) is 4.12. The summed E-state index contributed by atoms with van der Waals surface area (Å²) in [4.78, 5) is 0. The predicted molar refractivity (Wildman–Crippen MR) is 24.7 cm³/mol. The van der Waals surface area contributed by atoms with Crippen LogP contribution in [0.25, 0.3) is 0 Å². The van der Waals surface area contributed by atoms with Gasteiger partial charge in [-0.1, -0.05) is 0 Å². The van der Waals surface area contributed by atoms with E-state index in [0.29, 0.717) is 0 Å². The molecule has 0 aliphatic heterocycles. The first-order valence-corrected chi connectivity index (χ1v) is 2.64. The first kappa shape index (κ1) is 7.27. The number of rotatable bonds is 3. The third-order valence-electron chi connectivity index (χ3n) is 0.365. The Bertz CT molecular complexity index is 31.2. The Morgan fingerprint density at radius 1 is 1.29 bits per heavy atom. The summed E-state index contributed by atoms with van der Waals surface area (Å²) in [6.07, 6.45) is 0. The molecule has 0 aromatic rings. The highest BCUT2D eigenvalue weighted by atomic mass is 31.2. The fourth-order valence-electron chi connectivity index (χ4n) is 0.141. The van der Waals surface area contributed by atoms with Crippen molar-refractivity contribution in [3.8, 4) is 0 Å². The Hall–Kier alpha value is 0.270. The molecule has 0 aromatic carbocycles. The molecule has 0 spiro atoms. The predicted octanol–water partition coefficient (Wildman–Crippen LogP) is 0.996. The van der Waals surface area contributed by atoms with Crippen molar-refractivity contribution in [3.05, 3.63) is 0 Å². The van der Waals surface area contributed by atoms with Crippen LogP contribution in [0.2, 0.25) is 0 Å². The number of hydrogen-bond donors (Lipinski definition) is 1. The van der Waals surface area contributed by atoms with Gasteiger partial charge < -0.3 is 9.05 Å². The largest absolute Gasteiger partial charge is 0.362 e. The molecule has 0 amide bonds. The van der Waals surface area contributed by atoms with Gasteiger partial charge >= 0.3 is 8.60 Å². The highest BCUT2D eigenvalue weighted by Crippen LogP contribution is 2.35. The lowest BCUT2D eigenvalue weighted by Crippen LogP contribution is -1.82. The van der Waals surface area contributed by atoms with Crippen molar-refractivity contribution in [1.29, 1.82) is 0 Å². The Kier molecular flexibility index (Phi) is 4.60. The van der Waals surface area contributed by atoms with Crippen LogP contribution in [0.15, 0.2) is 0 Å². The summed E-state index contributed by atoms with van der Waals surface area (Å²) >= 11 is 0. The van der Waals surface area contributed by atoms with Crippen LogP contribution in [-0.4, -0.2) is 19.5 Å². The lowest BCUT2D eigenvalue weighted by molar-refractivity contribution is -0.149. The Morgan fingerprint density at radius 2 is 1.71 bits per heavy atom. The van der Waals surface area contributed by atoms with Gasteiger partial charge in [0.05, 0.1) is 0 Å². The van der Waals surface area contributed by atoms with Gasteiger partial charge in [-0.15, -0.1) is 0 Å². The van der Waals surface area contributed by atoms with Crippen molar-refractivity contribution in [2.75, 3.05) is 14.2 Å². The Balaban J connectivity index is 2.99. The van der Waals surface area contributed by atoms with Crippen molar-refractivity contribution >= 4 is 8.60 Å². The molecule has 0 saturated heterocycles. The van der Waals surface area contributed by atoms with Crippen LogP contribution in [0.4, 0.5) is 0 Å². The van der Waals surface area contributed by atoms with Gasteiger partial charge in [-0.2, -0.15) is 4.67 Å². The average molecular weight is 126 g/mol. The van der Waals surface area contributed by atoms with E-state index in [0.717, 1.165) is 0 Å². The average Bonchev–Trinajstić information content (AvgIpc) is 1.72. The van der Waals surface area contributed by atoms with Crippen molar-refractivity contribution in [3.63, 3.8) is 0 Å². The summed E-state index contributed by atoms with van der Waals surface area (Å²) in [6.45, 7) is 0. The van der Waals surface area contributed by atoms with Crippen LogP contribution in [0.5, 0.6) is 0 Å². The fourth-order valence-corrected chi connectivity index (χ4v) is 0.424. The van der Waals surface area contributed by atoms with Crippen LogP contribution in [0, 0.1) is 0 Å². The van der Waals surface area contributed by atoms with Gasteiger partial charge in [-0.25, -0.2) is 5.26 Å². The van der Waals surface area contributed by atoms with E-state index in [4.69, 9.17) is 5.26 Å². The SMILES string of the molecule is COP(OC)OO. The molecule has 0 saturated carbocycles. The molecule has 0 aromatic heterocycles. The standard InChI is InChI=1S/C2H7O4P/c1-4-7(5-2)6-3/h3H,1-2H3. The van der Waals surface area contributed by atoms with E-state index in [2.05, 4.69) is 13.7 Å². The molecule has 0 atom stereocenters. The molecule has 0 radical (unpaired) electrons. The molecule has 4 nitrogen and oxygen atoms in total. The molecule has 44 valence electrons. The summed E-state index contributed by atoms with van der Waals surface area (Å²) in [6, 6.07) is 0. The third-order valence-corrected chi connectivity index (χ3v) is 1.09. The molecule has 0 heterocycles. The second kappa shape index (κ2) is 4.43. The maximum atomic E-state index is 7.80. The Morgan fingerprint density at radius 3 is 1.71 bits per heavy atom. The zero-order chi connectivity index (χ0) is 5.70. The molecule has 0 unspecified atom stereocenters. The van der Waals surface area contributed by atoms with Gasteiger partial charge in [-0.05, 0) is 0 Å². The zero-order valence-corrected chi connectivity index (χ0v) is 5.01. The second-order valence-corrected chi connectivity index (χ2v) is 2.01. The summed E-state index contributed by atoms with van der Waals surface area (Å²) in [5, 5.41) is 7.80. The van der Waals surface area contributed by atoms with Gasteiger partial charge in [0.2, 0.25) is 0 Å². The van der Waals surface area contributed by atoms with E-state index in [1.54, 1.807) is 0 Å². The minimum atomic E-state index is -1.50. The lowest BCUT2D eigenvalue weighted by atomic mass is 11.8. The molecule has 0 aliphatic rings. The summed E-state index contributed by atoms with van der Waals surface area (Å²) < 4.78 is 12.5. The van der Waals surface area contributed by atoms with Gasteiger partial charge in [0, 0.05) is 14.2 Å². The smallest absolute Gasteiger partial charge is 0.314 e. The van der Waals surface area contributed by atoms with Crippen molar-refractivity contribution < 1.29 is 19.0 Å². The van der Waals surface area contributed by atoms with Gasteiger partial charge in [0.15, 0.2) is 0 Å². The van der Waals surface area contributed by atoms with Gasteiger partial charge in [-0.3, -0.25) is 0 Å². The highest BCUT2D eigenvalue weighted by Gasteiger charge is 2.03. The molecule has 0 bridgehead atoms. The normalized spacial score (nSPS) is 10.3. The van der Waals surface area contributed by atoms with Crippen molar-refractivity contribution in [2.45, 2.75) is 0 Å². The minimum absolute atomic E-state index is 1.38. The summed E-state index contributed by atoms with van der Waals surface area (Å²) in [7, 11) is 1.26. The molecule has 0 aliphatic carbocycles. The first-order valence-electron chi connectivity index (χ1n) is 1.55. The van der Waals surface area contributed by atoms with Crippen LogP contribution < -0.4 is 0 Å². The Labute approximate surface area is 42.9 Å². The molecular formula is C2H7O4P. The van der Waals surface area contributed by atoms with E-state index >= 15 is 0 Å². The van der Waals surface area contributed by atoms with Crippen LogP contribution in [0.1, 0.15) is 0 Å². The summed E-state index contributed by atoms with van der Waals surface area (Å²) in [5.41, 5.74) is 0. The quantitative estimate of drug-likeness (QED) is 0.348. The maximum Gasteiger partial charge on any atom is 0.362 e. The van der Waals surface area contributed by atoms with Gasteiger partial charge in [0.1, 0.15) is 0 Å². The van der Waals surface area contributed by atoms with E-state index in [1.165, 1.54) is 14.2 Å². The topological polar surface area (TPSA) is 47.9 Å². The second-order valence-electron chi connectivity index (χ2n) is 0.670. The molecule has 7 heavy (non-hydrogen) atoms. The van der Waals surface area contributed by atoms with Crippen molar-refractivity contribution in [1.82, 2.24) is 0 Å². The van der Waals surface area contributed by atoms with E-state index in [9.17, 15) is 0 Å². The molecule has 0 fully saturated rings. The number of hydrogen-bond acceptors (Lipinski definition) is 4. The fraction of sp³-hybridized carbons (Fsp3) is 1.00. The molecule has 1 N–H and O–H groups in total. The van der Waals surface area contributed by atoms with E-state index in [-0.39, 0.29) is 0 Å². The molecule has 5 heteroatoms. The minimum Gasteiger partial charge on any atom is -0.314 e. The third kappa shape index (κ3) is 2.91. The van der Waals surface area contributed by atoms with Crippen molar-refractivity contribution in [2.24, 2.45) is 0 Å².